The number of para-hydroxylation sites is 1. The van der Waals surface area contributed by atoms with Gasteiger partial charge in [0.1, 0.15) is 17.4 Å². The number of nitrogens with two attached hydrogens (primary N) is 1. The molecular formula is C24H17ClN4O3. The van der Waals surface area contributed by atoms with E-state index in [2.05, 4.69) is 4.98 Å². The lowest BCUT2D eigenvalue weighted by Gasteiger charge is -2.33. The van der Waals surface area contributed by atoms with Crippen LogP contribution in [-0.4, -0.2) is 10.9 Å². The van der Waals surface area contributed by atoms with Crippen LogP contribution in [0.2, 0.25) is 5.02 Å². The molecule has 0 radical (unpaired) electrons. The number of aryl methyl sites for hydroxylation is 1. The van der Waals surface area contributed by atoms with Crippen LogP contribution in [0, 0.1) is 18.3 Å². The van der Waals surface area contributed by atoms with Gasteiger partial charge in [0.25, 0.3) is 5.56 Å². The van der Waals surface area contributed by atoms with Crippen molar-refractivity contribution in [2.24, 2.45) is 5.73 Å². The van der Waals surface area contributed by atoms with E-state index in [-0.39, 0.29) is 29.3 Å². The summed E-state index contributed by atoms with van der Waals surface area (Å²) in [6, 6.07) is 17.9. The molecule has 2 aliphatic rings. The second-order valence-corrected chi connectivity index (χ2v) is 8.20. The molecule has 5 rings (SSSR count). The number of fused-ring (bicyclic) bond motifs is 4. The molecule has 0 bridgehead atoms. The highest BCUT2D eigenvalue weighted by Crippen LogP contribution is 2.54. The first-order chi connectivity index (χ1) is 15.4. The van der Waals surface area contributed by atoms with Crippen molar-refractivity contribution in [2.75, 3.05) is 4.90 Å². The van der Waals surface area contributed by atoms with E-state index in [1.807, 2.05) is 18.2 Å². The molecule has 1 amide bonds. The van der Waals surface area contributed by atoms with E-state index >= 15 is 0 Å². The Bertz CT molecular complexity index is 1420. The Kier molecular flexibility index (Phi) is 4.36. The van der Waals surface area contributed by atoms with Gasteiger partial charge in [-0.1, -0.05) is 41.9 Å². The van der Waals surface area contributed by atoms with Crippen LogP contribution >= 0.6 is 11.6 Å². The molecule has 1 unspecified atom stereocenters. The number of aromatic nitrogens is 1. The van der Waals surface area contributed by atoms with Crippen LogP contribution < -0.4 is 20.9 Å². The number of amides is 1. The predicted octanol–water partition coefficient (Wildman–Crippen LogP) is 3.26. The first-order valence-corrected chi connectivity index (χ1v) is 10.2. The van der Waals surface area contributed by atoms with E-state index in [1.54, 1.807) is 54.3 Å². The summed E-state index contributed by atoms with van der Waals surface area (Å²) in [6.45, 7) is 1.93. The number of H-pyrrole nitrogens is 1. The average Bonchev–Trinajstić information content (AvgIpc) is 2.98. The molecule has 3 aromatic rings. The minimum Gasteiger partial charge on any atom is -0.440 e. The molecule has 32 heavy (non-hydrogen) atoms. The Hall–Kier alpha value is -4.02. The lowest BCUT2D eigenvalue weighted by atomic mass is 9.69. The normalized spacial score (nSPS) is 18.9. The van der Waals surface area contributed by atoms with Gasteiger partial charge in [-0.05, 0) is 30.7 Å². The number of nitrogens with one attached hydrogen (secondary N) is 1. The maximum Gasteiger partial charge on any atom is 0.256 e. The Balaban J connectivity index is 1.81. The summed E-state index contributed by atoms with van der Waals surface area (Å²) in [5.41, 5.74) is 6.39. The highest BCUT2D eigenvalue weighted by atomic mass is 35.5. The number of carbonyl (C=O) groups is 1. The third-order valence-corrected chi connectivity index (χ3v) is 6.13. The largest absolute Gasteiger partial charge is 0.440 e. The van der Waals surface area contributed by atoms with E-state index in [0.717, 1.165) is 5.56 Å². The van der Waals surface area contributed by atoms with Crippen LogP contribution in [0.3, 0.4) is 0 Å². The molecule has 1 spiro atoms. The van der Waals surface area contributed by atoms with Gasteiger partial charge in [0, 0.05) is 28.0 Å². The number of hydrogen-bond donors (Lipinski definition) is 2. The molecule has 3 N–H and O–H groups in total. The van der Waals surface area contributed by atoms with Gasteiger partial charge in [0.2, 0.25) is 11.8 Å². The fourth-order valence-electron chi connectivity index (χ4n) is 4.58. The maximum absolute atomic E-state index is 14.2. The van der Waals surface area contributed by atoms with Gasteiger partial charge in [0.05, 0.1) is 12.1 Å². The number of carbonyl (C=O) groups excluding carboxylic acids is 1. The van der Waals surface area contributed by atoms with Crippen LogP contribution in [0.4, 0.5) is 5.69 Å². The highest BCUT2D eigenvalue weighted by molar-refractivity contribution is 6.30. The van der Waals surface area contributed by atoms with E-state index in [4.69, 9.17) is 22.1 Å². The fraction of sp³-hybridized carbons (Fsp3) is 0.125. The molecule has 1 atom stereocenters. The smallest absolute Gasteiger partial charge is 0.256 e. The molecule has 0 saturated carbocycles. The molecule has 0 aliphatic carbocycles. The Labute approximate surface area is 188 Å². The van der Waals surface area contributed by atoms with Crippen molar-refractivity contribution < 1.29 is 9.53 Å². The molecule has 0 fully saturated rings. The van der Waals surface area contributed by atoms with Crippen molar-refractivity contribution in [1.29, 1.82) is 5.26 Å². The summed E-state index contributed by atoms with van der Waals surface area (Å²) in [6.07, 6.45) is 0. The number of hydrogen-bond acceptors (Lipinski definition) is 5. The Morgan fingerprint density at radius 1 is 1.19 bits per heavy atom. The molecule has 3 heterocycles. The monoisotopic (exact) mass is 444 g/mol. The summed E-state index contributed by atoms with van der Waals surface area (Å²) in [7, 11) is 0. The van der Waals surface area contributed by atoms with Gasteiger partial charge in [-0.25, -0.2) is 0 Å². The van der Waals surface area contributed by atoms with Crippen LogP contribution in [0.15, 0.2) is 70.8 Å². The third kappa shape index (κ3) is 2.60. The number of nitrogens with zero attached hydrogens (tertiary/aromatic N) is 2. The molecule has 0 saturated heterocycles. The van der Waals surface area contributed by atoms with E-state index in [0.29, 0.717) is 22.0 Å². The Morgan fingerprint density at radius 2 is 1.91 bits per heavy atom. The topological polar surface area (TPSA) is 112 Å². The number of ether oxygens (including phenoxy) is 1. The van der Waals surface area contributed by atoms with E-state index < -0.39 is 16.9 Å². The van der Waals surface area contributed by atoms with Crippen LogP contribution in [0.1, 0.15) is 22.4 Å². The zero-order valence-corrected chi connectivity index (χ0v) is 17.7. The fourth-order valence-corrected chi connectivity index (χ4v) is 4.70. The molecule has 1 aromatic heterocycles. The van der Waals surface area contributed by atoms with Gasteiger partial charge in [0.15, 0.2) is 5.41 Å². The summed E-state index contributed by atoms with van der Waals surface area (Å²) >= 11 is 6.01. The number of aromatic amines is 1. The summed E-state index contributed by atoms with van der Waals surface area (Å²) in [5, 5.41) is 10.6. The van der Waals surface area contributed by atoms with Crippen molar-refractivity contribution in [3.05, 3.63) is 104 Å². The molecule has 158 valence electrons. The number of rotatable bonds is 2. The van der Waals surface area contributed by atoms with Crippen LogP contribution in [0.5, 0.6) is 5.75 Å². The minimum absolute atomic E-state index is 0.0601. The number of nitriles is 1. The quantitative estimate of drug-likeness (QED) is 0.630. The Morgan fingerprint density at radius 3 is 2.62 bits per heavy atom. The average molecular weight is 445 g/mol. The molecular weight excluding hydrogens is 428 g/mol. The number of pyridine rings is 1. The molecule has 2 aromatic carbocycles. The lowest BCUT2D eigenvalue weighted by molar-refractivity contribution is -0.121. The van der Waals surface area contributed by atoms with Gasteiger partial charge in [-0.3, -0.25) is 9.59 Å². The summed E-state index contributed by atoms with van der Waals surface area (Å²) in [4.78, 5) is 31.7. The number of anilines is 1. The van der Waals surface area contributed by atoms with Gasteiger partial charge < -0.3 is 20.4 Å². The minimum atomic E-state index is -1.70. The first-order valence-electron chi connectivity index (χ1n) is 9.86. The second kappa shape index (κ2) is 7.01. The van der Waals surface area contributed by atoms with Crippen molar-refractivity contribution in [1.82, 2.24) is 4.98 Å². The predicted molar refractivity (Wildman–Crippen MR) is 119 cm³/mol. The van der Waals surface area contributed by atoms with Crippen molar-refractivity contribution in [3.8, 4) is 11.8 Å². The maximum atomic E-state index is 14.2. The first kappa shape index (κ1) is 19.9. The zero-order valence-electron chi connectivity index (χ0n) is 17.0. The standard InChI is InChI=1S/C24H17ClN4O3/c1-13-10-19-20(22(30)28-13)24(17(11-26)21(27)32-19)16-4-2-3-5-18(16)29(23(24)31)12-14-6-8-15(25)9-7-14/h2-10H,12,27H2,1H3,(H,28,30). The third-order valence-electron chi connectivity index (χ3n) is 5.88. The number of benzene rings is 2. The van der Waals surface area contributed by atoms with Gasteiger partial charge in [-0.2, -0.15) is 5.26 Å². The number of halogens is 1. The van der Waals surface area contributed by atoms with E-state index in [9.17, 15) is 14.9 Å². The summed E-state index contributed by atoms with van der Waals surface area (Å²) in [5.74, 6) is -0.465. The lowest BCUT2D eigenvalue weighted by Crippen LogP contribution is -2.48. The van der Waals surface area contributed by atoms with Gasteiger partial charge in [-0.15, -0.1) is 0 Å². The SMILES string of the molecule is Cc1cc2c(c(=O)[nH]1)C1(C(=O)N(Cc3ccc(Cl)cc3)c3ccccc31)C(C#N)=C(N)O2. The van der Waals surface area contributed by atoms with Crippen LogP contribution in [-0.2, 0) is 16.8 Å². The van der Waals surface area contributed by atoms with E-state index in [1.165, 1.54) is 0 Å². The molecule has 7 nitrogen and oxygen atoms in total. The molecule has 8 heteroatoms. The van der Waals surface area contributed by atoms with Crippen molar-refractivity contribution in [2.45, 2.75) is 18.9 Å². The van der Waals surface area contributed by atoms with Crippen LogP contribution in [0.25, 0.3) is 0 Å². The zero-order chi connectivity index (χ0) is 22.6. The van der Waals surface area contributed by atoms with Gasteiger partial charge >= 0.3 is 0 Å². The summed E-state index contributed by atoms with van der Waals surface area (Å²) < 4.78 is 5.64. The van der Waals surface area contributed by atoms with Crippen molar-refractivity contribution >= 4 is 23.2 Å². The van der Waals surface area contributed by atoms with Crippen molar-refractivity contribution in [3.63, 3.8) is 0 Å². The highest BCUT2D eigenvalue weighted by Gasteiger charge is 2.60. The molecule has 2 aliphatic heterocycles. The second-order valence-electron chi connectivity index (χ2n) is 7.76.